The topological polar surface area (TPSA) is 49.6 Å². The molecule has 2 N–H and O–H groups in total. The lowest BCUT2D eigenvalue weighted by atomic mass is 10.0. The minimum Gasteiger partial charge on any atom is -0.345 e. The molecule has 1 aliphatic rings. The molecule has 0 bridgehead atoms. The second-order valence-corrected chi connectivity index (χ2v) is 5.12. The van der Waals surface area contributed by atoms with Crippen LogP contribution in [-0.2, 0) is 4.79 Å². The highest BCUT2D eigenvalue weighted by molar-refractivity contribution is 5.79. The van der Waals surface area contributed by atoms with E-state index in [-0.39, 0.29) is 17.9 Å². The molecule has 0 saturated heterocycles. The van der Waals surface area contributed by atoms with Gasteiger partial charge in [-0.3, -0.25) is 4.79 Å². The monoisotopic (exact) mass is 227 g/mol. The zero-order chi connectivity index (χ0) is 12.1. The highest BCUT2D eigenvalue weighted by atomic mass is 16.2. The Bertz CT molecular complexity index is 230. The van der Waals surface area contributed by atoms with E-state index in [0.717, 1.165) is 38.8 Å². The summed E-state index contributed by atoms with van der Waals surface area (Å²) in [6, 6.07) is 0.0869. The maximum absolute atomic E-state index is 12.1. The van der Waals surface area contributed by atoms with Gasteiger partial charge >= 0.3 is 0 Å². The van der Waals surface area contributed by atoms with Gasteiger partial charge in [-0.2, -0.15) is 0 Å². The molecular weight excluding hydrogens is 202 g/mol. The first-order valence-corrected chi connectivity index (χ1v) is 6.17. The van der Waals surface area contributed by atoms with Gasteiger partial charge in [-0.25, -0.2) is 0 Å². The summed E-state index contributed by atoms with van der Waals surface area (Å²) in [7, 11) is 5.99. The first kappa shape index (κ1) is 13.5. The van der Waals surface area contributed by atoms with E-state index >= 15 is 0 Å². The Hall–Kier alpha value is -0.610. The Morgan fingerprint density at radius 1 is 1.25 bits per heavy atom. The summed E-state index contributed by atoms with van der Waals surface area (Å²) >= 11 is 0. The molecule has 94 valence electrons. The van der Waals surface area contributed by atoms with Crippen LogP contribution in [0.4, 0.5) is 0 Å². The van der Waals surface area contributed by atoms with Crippen molar-refractivity contribution >= 4 is 5.91 Å². The first-order valence-electron chi connectivity index (χ1n) is 6.17. The zero-order valence-electron chi connectivity index (χ0n) is 10.8. The fourth-order valence-corrected chi connectivity index (χ4v) is 2.31. The van der Waals surface area contributed by atoms with Crippen molar-refractivity contribution in [2.45, 2.75) is 31.7 Å². The van der Waals surface area contributed by atoms with Gasteiger partial charge in [0.25, 0.3) is 0 Å². The van der Waals surface area contributed by atoms with Crippen LogP contribution in [0.3, 0.4) is 0 Å². The van der Waals surface area contributed by atoms with Crippen LogP contribution in [-0.4, -0.2) is 56.0 Å². The number of carbonyl (C=O) groups excluding carboxylic acids is 1. The molecule has 1 amide bonds. The third kappa shape index (κ3) is 3.76. The van der Waals surface area contributed by atoms with Crippen molar-refractivity contribution in [3.05, 3.63) is 0 Å². The molecule has 0 aromatic heterocycles. The third-order valence-electron chi connectivity index (χ3n) is 3.36. The second kappa shape index (κ2) is 6.21. The summed E-state index contributed by atoms with van der Waals surface area (Å²) in [4.78, 5) is 16.0. The van der Waals surface area contributed by atoms with Crippen LogP contribution in [0.25, 0.3) is 0 Å². The zero-order valence-corrected chi connectivity index (χ0v) is 10.8. The van der Waals surface area contributed by atoms with Crippen LogP contribution in [0.1, 0.15) is 25.7 Å². The molecule has 1 fully saturated rings. The molecule has 1 aliphatic carbocycles. The van der Waals surface area contributed by atoms with Crippen LogP contribution < -0.4 is 5.73 Å². The summed E-state index contributed by atoms with van der Waals surface area (Å²) in [6.45, 7) is 1.86. The van der Waals surface area contributed by atoms with E-state index in [1.807, 2.05) is 11.9 Å². The highest BCUT2D eigenvalue weighted by Crippen LogP contribution is 2.25. The normalized spacial score (nSPS) is 25.1. The fraction of sp³-hybridized carbons (Fsp3) is 0.917. The molecule has 1 rings (SSSR count). The number of nitrogens with two attached hydrogens (primary N) is 1. The molecule has 4 heteroatoms. The maximum atomic E-state index is 12.1. The van der Waals surface area contributed by atoms with Gasteiger partial charge in [0.05, 0.1) is 5.92 Å². The highest BCUT2D eigenvalue weighted by Gasteiger charge is 2.31. The summed E-state index contributed by atoms with van der Waals surface area (Å²) in [6.07, 6.45) is 4.10. The van der Waals surface area contributed by atoms with Gasteiger partial charge in [0, 0.05) is 19.6 Å². The van der Waals surface area contributed by atoms with Crippen molar-refractivity contribution < 1.29 is 4.79 Å². The largest absolute Gasteiger partial charge is 0.345 e. The fourth-order valence-electron chi connectivity index (χ4n) is 2.31. The summed E-state index contributed by atoms with van der Waals surface area (Å²) in [5, 5.41) is 0. The van der Waals surface area contributed by atoms with Crippen LogP contribution in [0.15, 0.2) is 0 Å². The van der Waals surface area contributed by atoms with Crippen LogP contribution in [0.2, 0.25) is 0 Å². The number of carbonyl (C=O) groups is 1. The van der Waals surface area contributed by atoms with Crippen LogP contribution in [0.5, 0.6) is 0 Å². The number of hydrogen-bond donors (Lipinski definition) is 1. The number of rotatable bonds is 5. The average Bonchev–Trinajstić information content (AvgIpc) is 2.62. The molecule has 0 aliphatic heterocycles. The first-order chi connectivity index (χ1) is 7.52. The number of hydrogen-bond acceptors (Lipinski definition) is 3. The lowest BCUT2D eigenvalue weighted by Gasteiger charge is -2.24. The minimum absolute atomic E-state index is 0.0735. The van der Waals surface area contributed by atoms with Gasteiger partial charge in [0.15, 0.2) is 0 Å². The predicted octanol–water partition coefficient (Wildman–Crippen LogP) is 0.524. The molecule has 0 aromatic rings. The van der Waals surface area contributed by atoms with Crippen LogP contribution in [0, 0.1) is 5.92 Å². The van der Waals surface area contributed by atoms with Gasteiger partial charge in [0.2, 0.25) is 5.91 Å². The van der Waals surface area contributed by atoms with Crippen molar-refractivity contribution in [2.24, 2.45) is 11.7 Å². The SMILES string of the molecule is CN(C)CCCN(C)C(=O)C1CCCC1N. The van der Waals surface area contributed by atoms with Gasteiger partial charge in [0.1, 0.15) is 0 Å². The Morgan fingerprint density at radius 3 is 2.44 bits per heavy atom. The average molecular weight is 227 g/mol. The predicted molar refractivity (Wildman–Crippen MR) is 66.1 cm³/mol. The van der Waals surface area contributed by atoms with E-state index in [2.05, 4.69) is 19.0 Å². The summed E-state index contributed by atoms with van der Waals surface area (Å²) in [5.74, 6) is 0.313. The smallest absolute Gasteiger partial charge is 0.226 e. The molecular formula is C12H25N3O. The van der Waals surface area contributed by atoms with E-state index in [1.54, 1.807) is 0 Å². The second-order valence-electron chi connectivity index (χ2n) is 5.12. The van der Waals surface area contributed by atoms with Gasteiger partial charge < -0.3 is 15.5 Å². The lowest BCUT2D eigenvalue weighted by molar-refractivity contribution is -0.134. The van der Waals surface area contributed by atoms with E-state index in [9.17, 15) is 4.79 Å². The molecule has 0 spiro atoms. The van der Waals surface area contributed by atoms with Gasteiger partial charge in [-0.15, -0.1) is 0 Å². The molecule has 0 radical (unpaired) electrons. The standard InChI is InChI=1S/C12H25N3O/c1-14(2)8-5-9-15(3)12(16)10-6-4-7-11(10)13/h10-11H,4-9,13H2,1-3H3. The van der Waals surface area contributed by atoms with Crippen molar-refractivity contribution in [3.63, 3.8) is 0 Å². The van der Waals surface area contributed by atoms with Gasteiger partial charge in [-0.05, 0) is 39.9 Å². The Morgan fingerprint density at radius 2 is 1.94 bits per heavy atom. The van der Waals surface area contributed by atoms with Crippen LogP contribution >= 0.6 is 0 Å². The van der Waals surface area contributed by atoms with Crippen molar-refractivity contribution in [1.29, 1.82) is 0 Å². The molecule has 1 saturated carbocycles. The molecule has 0 aromatic carbocycles. The summed E-state index contributed by atoms with van der Waals surface area (Å²) in [5.41, 5.74) is 5.94. The van der Waals surface area contributed by atoms with Crippen molar-refractivity contribution in [2.75, 3.05) is 34.2 Å². The molecule has 0 heterocycles. The third-order valence-corrected chi connectivity index (χ3v) is 3.36. The Balaban J connectivity index is 2.30. The lowest BCUT2D eigenvalue weighted by Crippen LogP contribution is -2.40. The molecule has 2 unspecified atom stereocenters. The van der Waals surface area contributed by atoms with E-state index in [1.165, 1.54) is 0 Å². The molecule has 2 atom stereocenters. The number of nitrogens with zero attached hydrogens (tertiary/aromatic N) is 2. The molecule has 16 heavy (non-hydrogen) atoms. The Labute approximate surface area is 98.8 Å². The minimum atomic E-state index is 0.0735. The van der Waals surface area contributed by atoms with Crippen molar-refractivity contribution in [1.82, 2.24) is 9.80 Å². The van der Waals surface area contributed by atoms with Gasteiger partial charge in [-0.1, -0.05) is 6.42 Å². The maximum Gasteiger partial charge on any atom is 0.226 e. The van der Waals surface area contributed by atoms with E-state index in [4.69, 9.17) is 5.73 Å². The quantitative estimate of drug-likeness (QED) is 0.745. The number of amides is 1. The van der Waals surface area contributed by atoms with E-state index < -0.39 is 0 Å². The summed E-state index contributed by atoms with van der Waals surface area (Å²) < 4.78 is 0. The Kier molecular flexibility index (Phi) is 5.22. The van der Waals surface area contributed by atoms with E-state index in [0.29, 0.717) is 0 Å². The molecule has 4 nitrogen and oxygen atoms in total. The van der Waals surface area contributed by atoms with Crippen molar-refractivity contribution in [3.8, 4) is 0 Å².